The topological polar surface area (TPSA) is 61.7 Å². The molecule has 4 nitrogen and oxygen atoms in total. The van der Waals surface area contributed by atoms with Gasteiger partial charge in [0.1, 0.15) is 0 Å². The quantitative estimate of drug-likeness (QED) is 0.733. The Morgan fingerprint density at radius 2 is 1.60 bits per heavy atom. The van der Waals surface area contributed by atoms with Crippen molar-refractivity contribution in [2.45, 2.75) is 75.7 Å². The van der Waals surface area contributed by atoms with Gasteiger partial charge in [-0.1, -0.05) is 32.1 Å². The van der Waals surface area contributed by atoms with E-state index in [9.17, 15) is 10.2 Å². The fourth-order valence-electron chi connectivity index (χ4n) is 4.46. The molecule has 3 fully saturated rings. The summed E-state index contributed by atoms with van der Waals surface area (Å²) in [6, 6.07) is 0.524. The number of aliphatic hydroxyl groups is 2. The van der Waals surface area contributed by atoms with Gasteiger partial charge in [0.25, 0.3) is 0 Å². The van der Waals surface area contributed by atoms with Crippen molar-refractivity contribution >= 4 is 0 Å². The van der Waals surface area contributed by atoms with Gasteiger partial charge in [-0.3, -0.25) is 0 Å². The second-order valence-corrected chi connectivity index (χ2v) is 6.93. The van der Waals surface area contributed by atoms with Crippen LogP contribution in [0.25, 0.3) is 0 Å². The van der Waals surface area contributed by atoms with Crippen molar-refractivity contribution < 1.29 is 14.9 Å². The lowest BCUT2D eigenvalue weighted by molar-refractivity contribution is 0.0182. The van der Waals surface area contributed by atoms with Gasteiger partial charge in [0, 0.05) is 25.3 Å². The standard InChI is InChI=1S/C16H29NO3/c18-14-10-13(11-4-2-1-3-5-11)15(16(14)19)17-12-6-8-20-9-7-12/h11-19H,1-10H2/t13-,14-,15-,16-/m1/s1. The van der Waals surface area contributed by atoms with Gasteiger partial charge in [-0.25, -0.2) is 0 Å². The van der Waals surface area contributed by atoms with Crippen molar-refractivity contribution in [1.82, 2.24) is 5.32 Å². The second-order valence-electron chi connectivity index (χ2n) is 6.93. The fraction of sp³-hybridized carbons (Fsp3) is 1.00. The van der Waals surface area contributed by atoms with Crippen LogP contribution in [0.1, 0.15) is 51.4 Å². The first-order chi connectivity index (χ1) is 9.75. The largest absolute Gasteiger partial charge is 0.390 e. The number of aliphatic hydroxyl groups excluding tert-OH is 2. The van der Waals surface area contributed by atoms with E-state index in [1.165, 1.54) is 32.1 Å². The van der Waals surface area contributed by atoms with Crippen molar-refractivity contribution in [2.75, 3.05) is 13.2 Å². The molecule has 0 amide bonds. The highest BCUT2D eigenvalue weighted by molar-refractivity contribution is 5.00. The predicted octanol–water partition coefficient (Wildman–Crippen LogP) is 1.45. The molecule has 3 aliphatic rings. The Bertz CT molecular complexity index is 300. The van der Waals surface area contributed by atoms with Crippen LogP contribution < -0.4 is 5.32 Å². The van der Waals surface area contributed by atoms with Crippen LogP contribution in [0, 0.1) is 11.8 Å². The molecule has 0 bridgehead atoms. The van der Waals surface area contributed by atoms with Crippen LogP contribution in [-0.2, 0) is 4.74 Å². The molecule has 0 radical (unpaired) electrons. The van der Waals surface area contributed by atoms with E-state index >= 15 is 0 Å². The third-order valence-electron chi connectivity index (χ3n) is 5.64. The Kier molecular flexibility index (Phi) is 4.97. The van der Waals surface area contributed by atoms with E-state index in [1.807, 2.05) is 0 Å². The molecule has 0 spiro atoms. The minimum atomic E-state index is -0.593. The van der Waals surface area contributed by atoms with Crippen LogP contribution in [0.15, 0.2) is 0 Å². The summed E-state index contributed by atoms with van der Waals surface area (Å²) < 4.78 is 5.40. The Balaban J connectivity index is 1.63. The number of rotatable bonds is 3. The molecule has 1 heterocycles. The molecule has 1 saturated heterocycles. The van der Waals surface area contributed by atoms with Crippen LogP contribution >= 0.6 is 0 Å². The monoisotopic (exact) mass is 283 g/mol. The van der Waals surface area contributed by atoms with Gasteiger partial charge < -0.3 is 20.3 Å². The summed E-state index contributed by atoms with van der Waals surface area (Å²) in [6.45, 7) is 1.63. The molecular weight excluding hydrogens is 254 g/mol. The Labute approximate surface area is 121 Å². The molecule has 3 rings (SSSR count). The van der Waals surface area contributed by atoms with Crippen LogP contribution in [0.2, 0.25) is 0 Å². The van der Waals surface area contributed by atoms with Crippen molar-refractivity contribution in [3.05, 3.63) is 0 Å². The second kappa shape index (κ2) is 6.73. The summed E-state index contributed by atoms with van der Waals surface area (Å²) in [5, 5.41) is 24.1. The molecule has 4 atom stereocenters. The van der Waals surface area contributed by atoms with E-state index in [1.54, 1.807) is 0 Å². The number of nitrogens with one attached hydrogen (secondary N) is 1. The van der Waals surface area contributed by atoms with E-state index in [0.717, 1.165) is 32.5 Å². The first-order valence-corrected chi connectivity index (χ1v) is 8.45. The van der Waals surface area contributed by atoms with Crippen molar-refractivity contribution in [1.29, 1.82) is 0 Å². The highest BCUT2D eigenvalue weighted by atomic mass is 16.5. The van der Waals surface area contributed by atoms with Gasteiger partial charge in [0.2, 0.25) is 0 Å². The molecule has 0 aromatic rings. The molecule has 2 aliphatic carbocycles. The fourth-order valence-corrected chi connectivity index (χ4v) is 4.46. The lowest BCUT2D eigenvalue weighted by Crippen LogP contribution is -2.50. The number of hydrogen-bond donors (Lipinski definition) is 3. The normalized spacial score (nSPS) is 41.1. The van der Waals surface area contributed by atoms with Gasteiger partial charge >= 0.3 is 0 Å². The van der Waals surface area contributed by atoms with Gasteiger partial charge in [0.15, 0.2) is 0 Å². The van der Waals surface area contributed by atoms with Gasteiger partial charge in [-0.05, 0) is 31.1 Å². The van der Waals surface area contributed by atoms with E-state index in [-0.39, 0.29) is 6.04 Å². The maximum Gasteiger partial charge on any atom is 0.0954 e. The lowest BCUT2D eigenvalue weighted by Gasteiger charge is -2.36. The third-order valence-corrected chi connectivity index (χ3v) is 5.64. The van der Waals surface area contributed by atoms with E-state index in [2.05, 4.69) is 5.32 Å². The molecule has 0 aromatic heterocycles. The molecule has 116 valence electrons. The number of ether oxygens (including phenoxy) is 1. The summed E-state index contributed by atoms with van der Waals surface area (Å²) in [5.74, 6) is 1.14. The molecule has 20 heavy (non-hydrogen) atoms. The zero-order chi connectivity index (χ0) is 13.9. The minimum absolute atomic E-state index is 0.0798. The highest BCUT2D eigenvalue weighted by Gasteiger charge is 2.45. The summed E-state index contributed by atoms with van der Waals surface area (Å²) in [7, 11) is 0. The molecule has 0 aromatic carbocycles. The average Bonchev–Trinajstić information content (AvgIpc) is 2.78. The zero-order valence-corrected chi connectivity index (χ0v) is 12.3. The maximum atomic E-state index is 10.3. The summed E-state index contributed by atoms with van der Waals surface area (Å²) in [6.07, 6.45) is 8.22. The molecule has 3 N–H and O–H groups in total. The SMILES string of the molecule is O[C@H]1[C@H](NC2CCOCC2)[C@@H](C2CCCCC2)C[C@H]1O. The molecular formula is C16H29NO3. The van der Waals surface area contributed by atoms with Crippen LogP contribution in [0.3, 0.4) is 0 Å². The van der Waals surface area contributed by atoms with Crippen LogP contribution in [0.4, 0.5) is 0 Å². The van der Waals surface area contributed by atoms with E-state index in [4.69, 9.17) is 4.74 Å². The summed E-state index contributed by atoms with van der Waals surface area (Å²) >= 11 is 0. The molecule has 0 unspecified atom stereocenters. The maximum absolute atomic E-state index is 10.3. The Morgan fingerprint density at radius 1 is 0.900 bits per heavy atom. The lowest BCUT2D eigenvalue weighted by atomic mass is 9.77. The van der Waals surface area contributed by atoms with E-state index in [0.29, 0.717) is 17.9 Å². The van der Waals surface area contributed by atoms with Crippen molar-refractivity contribution in [3.8, 4) is 0 Å². The van der Waals surface area contributed by atoms with Gasteiger partial charge in [-0.2, -0.15) is 0 Å². The van der Waals surface area contributed by atoms with E-state index < -0.39 is 12.2 Å². The Hall–Kier alpha value is -0.160. The zero-order valence-electron chi connectivity index (χ0n) is 12.3. The smallest absolute Gasteiger partial charge is 0.0954 e. The summed E-state index contributed by atoms with van der Waals surface area (Å²) in [5.41, 5.74) is 0. The Morgan fingerprint density at radius 3 is 2.30 bits per heavy atom. The average molecular weight is 283 g/mol. The predicted molar refractivity (Wildman–Crippen MR) is 77.5 cm³/mol. The number of hydrogen-bond acceptors (Lipinski definition) is 4. The minimum Gasteiger partial charge on any atom is -0.390 e. The van der Waals surface area contributed by atoms with Crippen molar-refractivity contribution in [2.24, 2.45) is 11.8 Å². The van der Waals surface area contributed by atoms with Crippen LogP contribution in [-0.4, -0.2) is 47.7 Å². The molecule has 2 saturated carbocycles. The van der Waals surface area contributed by atoms with Crippen LogP contribution in [0.5, 0.6) is 0 Å². The summed E-state index contributed by atoms with van der Waals surface area (Å²) in [4.78, 5) is 0. The first-order valence-electron chi connectivity index (χ1n) is 8.45. The molecule has 4 heteroatoms. The molecule has 1 aliphatic heterocycles. The van der Waals surface area contributed by atoms with Gasteiger partial charge in [-0.15, -0.1) is 0 Å². The van der Waals surface area contributed by atoms with Crippen molar-refractivity contribution in [3.63, 3.8) is 0 Å². The highest BCUT2D eigenvalue weighted by Crippen LogP contribution is 2.40. The first kappa shape index (κ1) is 14.8. The van der Waals surface area contributed by atoms with Gasteiger partial charge in [0.05, 0.1) is 12.2 Å². The third kappa shape index (κ3) is 3.19.